The largest absolute Gasteiger partial charge is 0.507 e. The van der Waals surface area contributed by atoms with Crippen molar-refractivity contribution in [1.29, 1.82) is 0 Å². The summed E-state index contributed by atoms with van der Waals surface area (Å²) >= 11 is 0. The van der Waals surface area contributed by atoms with Crippen molar-refractivity contribution in [2.45, 2.75) is 6.54 Å². The summed E-state index contributed by atoms with van der Waals surface area (Å²) in [4.78, 5) is 12.0. The summed E-state index contributed by atoms with van der Waals surface area (Å²) in [5.74, 6) is 0.389. The maximum Gasteiger partial charge on any atom is 0.255 e. The molecule has 4 nitrogen and oxygen atoms in total. The summed E-state index contributed by atoms with van der Waals surface area (Å²) in [6, 6.07) is 15.8. The summed E-state index contributed by atoms with van der Waals surface area (Å²) < 4.78 is 18.5. The lowest BCUT2D eigenvalue weighted by atomic mass is 10.2. The standard InChI is InChI=1S/C18H14FNO3/c19-13-7-5-12(6-8-13)17-10-9-14(23-17)11-20-18(22)15-3-1-2-4-16(15)21/h1-10,21H,11H2,(H,20,22). The minimum absolute atomic E-state index is 0.0727. The Bertz CT molecular complexity index is 824. The smallest absolute Gasteiger partial charge is 0.255 e. The van der Waals surface area contributed by atoms with Gasteiger partial charge in [-0.25, -0.2) is 4.39 Å². The van der Waals surface area contributed by atoms with Gasteiger partial charge in [-0.2, -0.15) is 0 Å². The van der Waals surface area contributed by atoms with Gasteiger partial charge in [-0.3, -0.25) is 4.79 Å². The first kappa shape index (κ1) is 14.8. The van der Waals surface area contributed by atoms with Crippen LogP contribution in [0.2, 0.25) is 0 Å². The molecule has 0 aliphatic rings. The highest BCUT2D eigenvalue weighted by Gasteiger charge is 2.11. The van der Waals surface area contributed by atoms with Crippen molar-refractivity contribution in [2.24, 2.45) is 0 Å². The Morgan fingerprint density at radius 2 is 1.78 bits per heavy atom. The quantitative estimate of drug-likeness (QED) is 0.772. The third kappa shape index (κ3) is 3.40. The van der Waals surface area contributed by atoms with Crippen molar-refractivity contribution < 1.29 is 18.7 Å². The number of hydrogen-bond donors (Lipinski definition) is 2. The number of furan rings is 1. The molecule has 0 radical (unpaired) electrons. The van der Waals surface area contributed by atoms with Crippen molar-refractivity contribution in [3.63, 3.8) is 0 Å². The number of carbonyl (C=O) groups is 1. The van der Waals surface area contributed by atoms with Crippen LogP contribution in [0.1, 0.15) is 16.1 Å². The molecule has 23 heavy (non-hydrogen) atoms. The van der Waals surface area contributed by atoms with Crippen molar-refractivity contribution >= 4 is 5.91 Å². The number of benzene rings is 2. The highest BCUT2D eigenvalue weighted by Crippen LogP contribution is 2.22. The molecule has 0 saturated carbocycles. The lowest BCUT2D eigenvalue weighted by Gasteiger charge is -2.05. The summed E-state index contributed by atoms with van der Waals surface area (Å²) in [6.07, 6.45) is 0. The minimum Gasteiger partial charge on any atom is -0.507 e. The molecule has 0 spiro atoms. The second-order valence-electron chi connectivity index (χ2n) is 4.97. The number of phenolic OH excluding ortho intramolecular Hbond substituents is 1. The van der Waals surface area contributed by atoms with Crippen LogP contribution in [0.15, 0.2) is 65.1 Å². The molecule has 0 saturated heterocycles. The number of nitrogens with one attached hydrogen (secondary N) is 1. The van der Waals surface area contributed by atoms with Crippen LogP contribution in [0, 0.1) is 5.82 Å². The fourth-order valence-electron chi connectivity index (χ4n) is 2.17. The second kappa shape index (κ2) is 6.36. The first-order valence-corrected chi connectivity index (χ1v) is 7.04. The normalized spacial score (nSPS) is 10.5. The highest BCUT2D eigenvalue weighted by atomic mass is 19.1. The second-order valence-corrected chi connectivity index (χ2v) is 4.97. The SMILES string of the molecule is O=C(NCc1ccc(-c2ccc(F)cc2)o1)c1ccccc1O. The molecule has 1 heterocycles. The van der Waals surface area contributed by atoms with Gasteiger partial charge in [0, 0.05) is 5.56 Å². The zero-order chi connectivity index (χ0) is 16.2. The molecule has 0 aliphatic heterocycles. The third-order valence-electron chi connectivity index (χ3n) is 3.36. The van der Waals surface area contributed by atoms with E-state index < -0.39 is 0 Å². The molecule has 0 aliphatic carbocycles. The van der Waals surface area contributed by atoms with Gasteiger partial charge in [0.2, 0.25) is 0 Å². The summed E-state index contributed by atoms with van der Waals surface area (Å²) in [6.45, 7) is 0.189. The van der Waals surface area contributed by atoms with E-state index in [1.54, 1.807) is 36.4 Å². The molecular formula is C18H14FNO3. The number of aromatic hydroxyl groups is 1. The van der Waals surface area contributed by atoms with Crippen LogP contribution in [0.5, 0.6) is 5.75 Å². The monoisotopic (exact) mass is 311 g/mol. The predicted octanol–water partition coefficient (Wildman–Crippen LogP) is 3.72. The molecule has 0 atom stereocenters. The van der Waals surface area contributed by atoms with Gasteiger partial charge in [-0.05, 0) is 48.5 Å². The van der Waals surface area contributed by atoms with E-state index in [2.05, 4.69) is 5.32 Å². The number of hydrogen-bond acceptors (Lipinski definition) is 3. The number of rotatable bonds is 4. The molecule has 2 aromatic carbocycles. The third-order valence-corrected chi connectivity index (χ3v) is 3.36. The van der Waals surface area contributed by atoms with Gasteiger partial charge in [0.05, 0.1) is 12.1 Å². The maximum absolute atomic E-state index is 12.9. The fraction of sp³-hybridized carbons (Fsp3) is 0.0556. The van der Waals surface area contributed by atoms with Crippen LogP contribution in [-0.4, -0.2) is 11.0 Å². The molecule has 2 N–H and O–H groups in total. The lowest BCUT2D eigenvalue weighted by molar-refractivity contribution is 0.0945. The molecule has 0 bridgehead atoms. The molecule has 0 fully saturated rings. The van der Waals surface area contributed by atoms with Crippen LogP contribution < -0.4 is 5.32 Å². The van der Waals surface area contributed by atoms with Crippen molar-refractivity contribution in [2.75, 3.05) is 0 Å². The van der Waals surface area contributed by atoms with Crippen LogP contribution in [0.3, 0.4) is 0 Å². The Hall–Kier alpha value is -3.08. The van der Waals surface area contributed by atoms with Crippen molar-refractivity contribution in [3.8, 4) is 17.1 Å². The van der Waals surface area contributed by atoms with Gasteiger partial charge in [0.15, 0.2) is 0 Å². The van der Waals surface area contributed by atoms with E-state index in [4.69, 9.17) is 4.42 Å². The zero-order valence-corrected chi connectivity index (χ0v) is 12.1. The topological polar surface area (TPSA) is 62.5 Å². The number of halogens is 1. The number of carbonyl (C=O) groups excluding carboxylic acids is 1. The molecule has 1 aromatic heterocycles. The molecule has 5 heteroatoms. The van der Waals surface area contributed by atoms with Crippen LogP contribution in [-0.2, 0) is 6.54 Å². The zero-order valence-electron chi connectivity index (χ0n) is 12.1. The van der Waals surface area contributed by atoms with E-state index in [1.807, 2.05) is 0 Å². The minimum atomic E-state index is -0.386. The van der Waals surface area contributed by atoms with Gasteiger partial charge in [-0.15, -0.1) is 0 Å². The summed E-state index contributed by atoms with van der Waals surface area (Å²) in [5.41, 5.74) is 0.961. The fourth-order valence-corrected chi connectivity index (χ4v) is 2.17. The first-order chi connectivity index (χ1) is 11.1. The average Bonchev–Trinajstić information content (AvgIpc) is 3.03. The van der Waals surface area contributed by atoms with E-state index in [0.717, 1.165) is 5.56 Å². The van der Waals surface area contributed by atoms with E-state index in [-0.39, 0.29) is 29.6 Å². The average molecular weight is 311 g/mol. The molecule has 1 amide bonds. The van der Waals surface area contributed by atoms with E-state index in [9.17, 15) is 14.3 Å². The van der Waals surface area contributed by atoms with Gasteiger partial charge < -0.3 is 14.8 Å². The Morgan fingerprint density at radius 3 is 2.52 bits per heavy atom. The van der Waals surface area contributed by atoms with Gasteiger partial charge in [0.25, 0.3) is 5.91 Å². The van der Waals surface area contributed by atoms with E-state index in [1.165, 1.54) is 24.3 Å². The molecular weight excluding hydrogens is 297 g/mol. The van der Waals surface area contributed by atoms with Gasteiger partial charge >= 0.3 is 0 Å². The summed E-state index contributed by atoms with van der Waals surface area (Å²) in [7, 11) is 0. The number of para-hydroxylation sites is 1. The maximum atomic E-state index is 12.9. The van der Waals surface area contributed by atoms with Crippen molar-refractivity contribution in [1.82, 2.24) is 5.32 Å². The van der Waals surface area contributed by atoms with E-state index >= 15 is 0 Å². The van der Waals surface area contributed by atoms with Gasteiger partial charge in [0.1, 0.15) is 23.1 Å². The van der Waals surface area contributed by atoms with E-state index in [0.29, 0.717) is 11.5 Å². The van der Waals surface area contributed by atoms with Gasteiger partial charge in [-0.1, -0.05) is 12.1 Å². The molecule has 0 unspecified atom stereocenters. The molecule has 3 aromatic rings. The number of phenols is 1. The first-order valence-electron chi connectivity index (χ1n) is 7.04. The Kier molecular flexibility index (Phi) is 4.10. The molecule has 116 valence electrons. The summed E-state index contributed by atoms with van der Waals surface area (Å²) in [5, 5.41) is 12.3. The van der Waals surface area contributed by atoms with Crippen molar-refractivity contribution in [3.05, 3.63) is 77.8 Å². The number of amides is 1. The molecule has 3 rings (SSSR count). The Morgan fingerprint density at radius 1 is 1.04 bits per heavy atom. The Labute approximate surface area is 132 Å². The van der Waals surface area contributed by atoms with Crippen LogP contribution >= 0.6 is 0 Å². The Balaban J connectivity index is 1.67. The predicted molar refractivity (Wildman–Crippen MR) is 83.4 cm³/mol. The lowest BCUT2D eigenvalue weighted by Crippen LogP contribution is -2.22. The van der Waals surface area contributed by atoms with Crippen LogP contribution in [0.4, 0.5) is 4.39 Å². The van der Waals surface area contributed by atoms with Crippen LogP contribution in [0.25, 0.3) is 11.3 Å². The highest BCUT2D eigenvalue weighted by molar-refractivity contribution is 5.96.